The number of nitrogens with one attached hydrogen (secondary N) is 2. The Labute approximate surface area is 135 Å². The maximum atomic E-state index is 12.3. The molecular weight excluding hydrogens is 322 g/mol. The third kappa shape index (κ3) is 3.87. The minimum absolute atomic E-state index is 0.0453. The van der Waals surface area contributed by atoms with Gasteiger partial charge in [-0.25, -0.2) is 13.1 Å². The van der Waals surface area contributed by atoms with Gasteiger partial charge in [-0.1, -0.05) is 12.8 Å². The van der Waals surface area contributed by atoms with Crippen LogP contribution in [0, 0.1) is 5.92 Å². The summed E-state index contributed by atoms with van der Waals surface area (Å²) in [6, 6.07) is 3.27. The van der Waals surface area contributed by atoms with E-state index in [-0.39, 0.29) is 16.0 Å². The number of hydrogen-bond donors (Lipinski definition) is 3. The van der Waals surface area contributed by atoms with Gasteiger partial charge in [-0.15, -0.1) is 11.3 Å². The van der Waals surface area contributed by atoms with E-state index in [0.717, 1.165) is 41.9 Å². The summed E-state index contributed by atoms with van der Waals surface area (Å²) in [4.78, 5) is 13.1. The summed E-state index contributed by atoms with van der Waals surface area (Å²) < 4.78 is 25.9. The lowest BCUT2D eigenvalue weighted by molar-refractivity contribution is -0.128. The maximum Gasteiger partial charge on any atom is 0.249 e. The van der Waals surface area contributed by atoms with Crippen LogP contribution >= 0.6 is 11.3 Å². The van der Waals surface area contributed by atoms with Crippen molar-refractivity contribution in [1.82, 2.24) is 10.0 Å². The summed E-state index contributed by atoms with van der Waals surface area (Å²) in [5, 5.41) is 2.88. The molecule has 1 aromatic rings. The van der Waals surface area contributed by atoms with E-state index in [2.05, 4.69) is 10.0 Å². The fourth-order valence-electron chi connectivity index (χ4n) is 2.78. The monoisotopic (exact) mass is 345 g/mol. The van der Waals surface area contributed by atoms with Crippen molar-refractivity contribution in [2.24, 2.45) is 11.7 Å². The smallest absolute Gasteiger partial charge is 0.249 e. The lowest BCUT2D eigenvalue weighted by Gasteiger charge is -2.37. The first-order chi connectivity index (χ1) is 10.3. The standard InChI is InChI=1S/C14H23N3O3S2/c1-14(15)8-4-3-5-11(14)13(18)17-9-10-6-7-12(21-10)22(19,20)16-2/h6-7,11,16H,3-5,8-9,15H2,1-2H3,(H,17,18). The van der Waals surface area contributed by atoms with Crippen LogP contribution in [0.15, 0.2) is 16.3 Å². The molecule has 0 aliphatic heterocycles. The van der Waals surface area contributed by atoms with Gasteiger partial charge in [0, 0.05) is 10.4 Å². The van der Waals surface area contributed by atoms with Gasteiger partial charge in [0.2, 0.25) is 15.9 Å². The summed E-state index contributed by atoms with van der Waals surface area (Å²) in [7, 11) is -2.04. The molecule has 2 atom stereocenters. The number of amides is 1. The summed E-state index contributed by atoms with van der Waals surface area (Å²) in [6.45, 7) is 2.26. The van der Waals surface area contributed by atoms with Gasteiger partial charge < -0.3 is 11.1 Å². The molecule has 124 valence electrons. The number of carbonyl (C=O) groups excluding carboxylic acids is 1. The predicted octanol–water partition coefficient (Wildman–Crippen LogP) is 1.18. The molecule has 6 nitrogen and oxygen atoms in total. The van der Waals surface area contributed by atoms with Crippen molar-refractivity contribution in [2.45, 2.75) is 48.9 Å². The third-order valence-electron chi connectivity index (χ3n) is 4.18. The zero-order valence-electron chi connectivity index (χ0n) is 12.9. The van der Waals surface area contributed by atoms with Crippen LogP contribution < -0.4 is 15.8 Å². The van der Waals surface area contributed by atoms with Gasteiger partial charge in [-0.05, 0) is 38.9 Å². The van der Waals surface area contributed by atoms with Crippen molar-refractivity contribution in [3.8, 4) is 0 Å². The Morgan fingerprint density at radius 3 is 2.82 bits per heavy atom. The van der Waals surface area contributed by atoms with Crippen LogP contribution in [0.5, 0.6) is 0 Å². The van der Waals surface area contributed by atoms with Crippen LogP contribution in [-0.4, -0.2) is 26.9 Å². The highest BCUT2D eigenvalue weighted by Gasteiger charge is 2.37. The number of rotatable bonds is 5. The topological polar surface area (TPSA) is 101 Å². The van der Waals surface area contributed by atoms with Crippen molar-refractivity contribution in [3.05, 3.63) is 17.0 Å². The van der Waals surface area contributed by atoms with Gasteiger partial charge in [0.15, 0.2) is 0 Å². The Hall–Kier alpha value is -0.960. The fraction of sp³-hybridized carbons (Fsp3) is 0.643. The van der Waals surface area contributed by atoms with E-state index in [4.69, 9.17) is 5.73 Å². The lowest BCUT2D eigenvalue weighted by atomic mass is 9.74. The van der Waals surface area contributed by atoms with Crippen LogP contribution in [0.3, 0.4) is 0 Å². The van der Waals surface area contributed by atoms with Gasteiger partial charge in [0.05, 0.1) is 12.5 Å². The Morgan fingerprint density at radius 2 is 2.18 bits per heavy atom. The van der Waals surface area contributed by atoms with Gasteiger partial charge in [-0.2, -0.15) is 0 Å². The summed E-state index contributed by atoms with van der Waals surface area (Å²) in [6.07, 6.45) is 3.75. The van der Waals surface area contributed by atoms with E-state index in [0.29, 0.717) is 6.54 Å². The number of thiophene rings is 1. The average molecular weight is 345 g/mol. The van der Waals surface area contributed by atoms with Crippen LogP contribution in [-0.2, 0) is 21.4 Å². The molecule has 1 aliphatic carbocycles. The Balaban J connectivity index is 1.97. The summed E-state index contributed by atoms with van der Waals surface area (Å²) in [5.74, 6) is -0.224. The van der Waals surface area contributed by atoms with Gasteiger partial charge >= 0.3 is 0 Å². The Bertz CT molecular complexity index is 638. The number of carbonyl (C=O) groups is 1. The highest BCUT2D eigenvalue weighted by molar-refractivity contribution is 7.91. The van der Waals surface area contributed by atoms with Gasteiger partial charge in [0.25, 0.3) is 0 Å². The van der Waals surface area contributed by atoms with Crippen molar-refractivity contribution >= 4 is 27.3 Å². The minimum Gasteiger partial charge on any atom is -0.351 e. The number of nitrogens with two attached hydrogens (primary N) is 1. The van der Waals surface area contributed by atoms with Crippen molar-refractivity contribution in [3.63, 3.8) is 0 Å². The average Bonchev–Trinajstić information content (AvgIpc) is 2.94. The highest BCUT2D eigenvalue weighted by Crippen LogP contribution is 2.31. The molecule has 0 spiro atoms. The minimum atomic E-state index is -3.42. The maximum absolute atomic E-state index is 12.3. The van der Waals surface area contributed by atoms with E-state index in [9.17, 15) is 13.2 Å². The Morgan fingerprint density at radius 1 is 1.45 bits per heavy atom. The summed E-state index contributed by atoms with van der Waals surface area (Å²) in [5.41, 5.74) is 5.77. The molecule has 2 rings (SSSR count). The number of sulfonamides is 1. The van der Waals surface area contributed by atoms with Crippen LogP contribution in [0.25, 0.3) is 0 Å². The quantitative estimate of drug-likeness (QED) is 0.746. The first-order valence-corrected chi connectivity index (χ1v) is 9.65. The molecule has 1 amide bonds. The first-order valence-electron chi connectivity index (χ1n) is 7.35. The van der Waals surface area contributed by atoms with E-state index < -0.39 is 15.6 Å². The fourth-order valence-corrected chi connectivity index (χ4v) is 4.92. The van der Waals surface area contributed by atoms with E-state index in [1.54, 1.807) is 12.1 Å². The second-order valence-corrected chi connectivity index (χ2v) is 9.23. The molecule has 2 unspecified atom stereocenters. The molecular formula is C14H23N3O3S2. The molecule has 4 N–H and O–H groups in total. The van der Waals surface area contributed by atoms with E-state index in [1.165, 1.54) is 7.05 Å². The SMILES string of the molecule is CNS(=O)(=O)c1ccc(CNC(=O)C2CCCCC2(C)N)s1. The normalized spacial score (nSPS) is 25.9. The molecule has 8 heteroatoms. The highest BCUT2D eigenvalue weighted by atomic mass is 32.2. The lowest BCUT2D eigenvalue weighted by Crippen LogP contribution is -2.52. The van der Waals surface area contributed by atoms with E-state index >= 15 is 0 Å². The largest absolute Gasteiger partial charge is 0.351 e. The second-order valence-electron chi connectivity index (χ2n) is 5.95. The van der Waals surface area contributed by atoms with Crippen LogP contribution in [0.2, 0.25) is 0 Å². The molecule has 22 heavy (non-hydrogen) atoms. The third-order valence-corrected chi connectivity index (χ3v) is 7.17. The van der Waals surface area contributed by atoms with Crippen molar-refractivity contribution < 1.29 is 13.2 Å². The first kappa shape index (κ1) is 17.4. The molecule has 1 saturated carbocycles. The van der Waals surface area contributed by atoms with E-state index in [1.807, 2.05) is 6.92 Å². The molecule has 1 heterocycles. The Kier molecular flexibility index (Phi) is 5.26. The molecule has 1 fully saturated rings. The molecule has 0 aromatic carbocycles. The predicted molar refractivity (Wildman–Crippen MR) is 87.0 cm³/mol. The molecule has 1 aromatic heterocycles. The van der Waals surface area contributed by atoms with Gasteiger partial charge in [-0.3, -0.25) is 4.79 Å². The van der Waals surface area contributed by atoms with Crippen LogP contribution in [0.1, 0.15) is 37.5 Å². The molecule has 1 aliphatic rings. The van der Waals surface area contributed by atoms with Crippen molar-refractivity contribution in [2.75, 3.05) is 7.05 Å². The van der Waals surface area contributed by atoms with Crippen molar-refractivity contribution in [1.29, 1.82) is 0 Å². The zero-order chi connectivity index (χ0) is 16.4. The van der Waals surface area contributed by atoms with Gasteiger partial charge in [0.1, 0.15) is 4.21 Å². The summed E-state index contributed by atoms with van der Waals surface area (Å²) >= 11 is 1.16. The van der Waals surface area contributed by atoms with Crippen LogP contribution in [0.4, 0.5) is 0 Å². The zero-order valence-corrected chi connectivity index (χ0v) is 14.5. The second kappa shape index (κ2) is 6.66. The molecule has 0 saturated heterocycles. The molecule has 0 bridgehead atoms. The number of hydrogen-bond acceptors (Lipinski definition) is 5. The molecule has 0 radical (unpaired) electrons.